The zero-order valence-electron chi connectivity index (χ0n) is 65.1. The monoisotopic (exact) mass is 1690 g/mol. The fraction of sp³-hybridized carbons (Fsp3) is 0.312. The van der Waals surface area contributed by atoms with Crippen LogP contribution < -0.4 is 29.1 Å². The second kappa shape index (κ2) is 43.0. The first-order valence-corrected chi connectivity index (χ1v) is 40.2. The van der Waals surface area contributed by atoms with E-state index >= 15 is 0 Å². The lowest BCUT2D eigenvalue weighted by Gasteiger charge is -2.17. The summed E-state index contributed by atoms with van der Waals surface area (Å²) in [6.45, 7) is 0.783. The average molecular weight is 1690 g/mol. The Labute approximate surface area is 688 Å². The van der Waals surface area contributed by atoms with Gasteiger partial charge in [0.15, 0.2) is 34.9 Å². The SMILES string of the molecule is COC(=O)c1ccc(OC2CCCC2)c(-c2ccc(F)c(F)c2)c1.COC(=O)c1ccc(OC2CCCC2)c(Br)c1.Fc1ccc(-c2cc(C3CO3)ccc2OC2CCCC2)cc1.O=C(O)c1ccc(OC2CCCC2)c(-c2ccc(F)c(F)c2)c1.O=Cc1ccc(OC2CCCC2)c(-c2ccc(F)cc2)c1.OB(O)c1ccc(F)c(F)c1. The lowest BCUT2D eigenvalue weighted by molar-refractivity contribution is 0.0591. The van der Waals surface area contributed by atoms with E-state index in [1.807, 2.05) is 30.3 Å². The van der Waals surface area contributed by atoms with E-state index in [2.05, 4.69) is 32.8 Å². The third kappa shape index (κ3) is 25.1. The molecule has 0 spiro atoms. The Morgan fingerprint density at radius 3 is 1.08 bits per heavy atom. The molecule has 1 heterocycles. The second-order valence-corrected chi connectivity index (χ2v) is 30.1. The molecule has 6 aliphatic rings. The van der Waals surface area contributed by atoms with Gasteiger partial charge in [0.2, 0.25) is 0 Å². The van der Waals surface area contributed by atoms with Crippen LogP contribution in [0.2, 0.25) is 0 Å². The standard InChI is InChI=1S/C19H18F2O3.C19H19FO2.C18H16F2O3.C18H17FO2.C13H15BrO3.C6H5BF2O2/c1-23-19(22)13-7-9-18(24-14-4-2-3-5-14)15(10-13)12-6-8-16(20)17(21)11-12;20-15-8-5-13(6-9-15)17-11-14(19-12-21-19)7-10-18(17)22-16-3-1-2-4-16;19-15-7-5-11(10-16(15)20)14-9-12(18(21)22)6-8-17(14)23-13-3-1-2-4-13;19-15-8-6-14(7-9-15)17-11-13(12-20)5-10-18(17)21-16-3-1-2-4-16;1-16-13(15)9-6-7-12(11(14)8-9)17-10-4-2-3-5-10;8-5-2-1-4(7(10)11)3-6(5)9/h6-11,14H,2-5H2,1H3;5-11,16,19H,1-4,12H2;5-10,13H,1-4H2,(H,21,22);5-12,16H,1-4H2;6-8,10H,2-5H2,1H3;1-3,10-11H. The molecule has 0 bridgehead atoms. The molecule has 118 heavy (non-hydrogen) atoms. The Morgan fingerprint density at radius 2 is 0.712 bits per heavy atom. The third-order valence-electron chi connectivity index (χ3n) is 20.8. The number of methoxy groups -OCH3 is 2. The molecular formula is C93H90BBrF8O15. The van der Waals surface area contributed by atoms with Gasteiger partial charge in [-0.25, -0.2) is 49.5 Å². The van der Waals surface area contributed by atoms with Crippen molar-refractivity contribution >= 4 is 52.7 Å². The number of carboxylic acids is 1. The molecule has 1 saturated heterocycles. The van der Waals surface area contributed by atoms with Gasteiger partial charge in [0.05, 0.1) is 72.5 Å². The molecule has 618 valence electrons. The van der Waals surface area contributed by atoms with Crippen LogP contribution in [0.15, 0.2) is 199 Å². The highest BCUT2D eigenvalue weighted by Gasteiger charge is 2.29. The van der Waals surface area contributed by atoms with Crippen LogP contribution in [0.5, 0.6) is 28.7 Å². The molecule has 6 fully saturated rings. The summed E-state index contributed by atoms with van der Waals surface area (Å²) < 4.78 is 150. The van der Waals surface area contributed by atoms with Gasteiger partial charge in [0.25, 0.3) is 0 Å². The smallest absolute Gasteiger partial charge is 0.488 e. The highest BCUT2D eigenvalue weighted by molar-refractivity contribution is 9.10. The highest BCUT2D eigenvalue weighted by atomic mass is 79.9. The van der Waals surface area contributed by atoms with Gasteiger partial charge in [-0.3, -0.25) is 4.79 Å². The van der Waals surface area contributed by atoms with Crippen LogP contribution in [0.4, 0.5) is 35.1 Å². The van der Waals surface area contributed by atoms with Gasteiger partial charge in [-0.05, 0) is 323 Å². The number of epoxide rings is 1. The predicted octanol–water partition coefficient (Wildman–Crippen LogP) is 22.1. The van der Waals surface area contributed by atoms with Crippen LogP contribution in [0.25, 0.3) is 44.5 Å². The average Bonchev–Trinajstić information content (AvgIpc) is 1.32. The summed E-state index contributed by atoms with van der Waals surface area (Å²) in [5.74, 6) is -4.77. The molecule has 16 rings (SSSR count). The summed E-state index contributed by atoms with van der Waals surface area (Å²) in [5.41, 5.74) is 8.16. The normalized spacial score (nSPS) is 15.7. The van der Waals surface area contributed by atoms with E-state index in [4.69, 9.17) is 48.3 Å². The van der Waals surface area contributed by atoms with E-state index in [-0.39, 0.29) is 53.0 Å². The molecule has 15 nitrogen and oxygen atoms in total. The maximum atomic E-state index is 13.6. The first-order valence-electron chi connectivity index (χ1n) is 39.4. The number of rotatable bonds is 20. The Balaban J connectivity index is 0.000000141. The number of esters is 2. The quantitative estimate of drug-likeness (QED) is 0.0213. The molecule has 5 saturated carbocycles. The Bertz CT molecular complexity index is 5040. The van der Waals surface area contributed by atoms with E-state index < -0.39 is 54.0 Å². The fourth-order valence-electron chi connectivity index (χ4n) is 14.4. The van der Waals surface area contributed by atoms with Crippen LogP contribution in [-0.2, 0) is 14.2 Å². The van der Waals surface area contributed by atoms with E-state index in [0.29, 0.717) is 62.7 Å². The van der Waals surface area contributed by atoms with Crippen molar-refractivity contribution in [1.82, 2.24) is 0 Å². The highest BCUT2D eigenvalue weighted by Crippen LogP contribution is 2.42. The van der Waals surface area contributed by atoms with Gasteiger partial charge in [-0.1, -0.05) is 48.5 Å². The summed E-state index contributed by atoms with van der Waals surface area (Å²) in [6.07, 6.45) is 24.3. The molecule has 1 atom stereocenters. The van der Waals surface area contributed by atoms with Crippen molar-refractivity contribution in [2.45, 2.75) is 165 Å². The van der Waals surface area contributed by atoms with Crippen molar-refractivity contribution in [3.63, 3.8) is 0 Å². The number of aldehydes is 1. The van der Waals surface area contributed by atoms with Gasteiger partial charge in [-0.15, -0.1) is 0 Å². The van der Waals surface area contributed by atoms with E-state index in [0.717, 1.165) is 195 Å². The third-order valence-corrected chi connectivity index (χ3v) is 21.4. The van der Waals surface area contributed by atoms with Gasteiger partial charge in [0, 0.05) is 27.8 Å². The summed E-state index contributed by atoms with van der Waals surface area (Å²) in [5, 5.41) is 26.2. The number of benzene rings is 10. The lowest BCUT2D eigenvalue weighted by atomic mass is 9.80. The molecule has 5 aliphatic carbocycles. The summed E-state index contributed by atoms with van der Waals surface area (Å²) >= 11 is 3.42. The van der Waals surface area contributed by atoms with Gasteiger partial charge < -0.3 is 53.0 Å². The minimum atomic E-state index is -1.76. The number of hydrogen-bond donors (Lipinski definition) is 3. The molecule has 0 radical (unpaired) electrons. The van der Waals surface area contributed by atoms with Crippen LogP contribution in [-0.4, -0.2) is 97.8 Å². The van der Waals surface area contributed by atoms with E-state index in [1.54, 1.807) is 60.7 Å². The topological polar surface area (TPSA) is 206 Å². The summed E-state index contributed by atoms with van der Waals surface area (Å²) in [4.78, 5) is 45.3. The zero-order valence-corrected chi connectivity index (χ0v) is 66.7. The van der Waals surface area contributed by atoms with Crippen LogP contribution in [0, 0.1) is 46.5 Å². The lowest BCUT2D eigenvalue weighted by Crippen LogP contribution is -2.30. The first kappa shape index (κ1) is 88.0. The number of carbonyl (C=O) groups is 4. The Hall–Kier alpha value is -10.9. The molecule has 1 unspecified atom stereocenters. The number of aromatic carboxylic acids is 1. The van der Waals surface area contributed by atoms with Crippen molar-refractivity contribution in [3.05, 3.63) is 273 Å². The second-order valence-electron chi connectivity index (χ2n) is 29.2. The van der Waals surface area contributed by atoms with Crippen molar-refractivity contribution < 1.29 is 107 Å². The van der Waals surface area contributed by atoms with Crippen molar-refractivity contribution in [2.24, 2.45) is 0 Å². The minimum absolute atomic E-state index is 0.0658. The molecule has 0 amide bonds. The van der Waals surface area contributed by atoms with Crippen molar-refractivity contribution in [3.8, 4) is 73.3 Å². The molecule has 3 N–H and O–H groups in total. The number of carbonyl (C=O) groups excluding carboxylic acids is 3. The molecule has 0 aromatic heterocycles. The van der Waals surface area contributed by atoms with Crippen molar-refractivity contribution in [2.75, 3.05) is 20.8 Å². The Morgan fingerprint density at radius 1 is 0.381 bits per heavy atom. The fourth-order valence-corrected chi connectivity index (χ4v) is 14.9. The Kier molecular flexibility index (Phi) is 32.1. The first-order chi connectivity index (χ1) is 57.0. The number of hydrogen-bond acceptors (Lipinski definition) is 14. The van der Waals surface area contributed by atoms with Crippen LogP contribution >= 0.6 is 15.9 Å². The minimum Gasteiger partial charge on any atom is -0.490 e. The maximum Gasteiger partial charge on any atom is 0.488 e. The molecule has 25 heteroatoms. The van der Waals surface area contributed by atoms with Crippen LogP contribution in [0.1, 0.15) is 182 Å². The van der Waals surface area contributed by atoms with Crippen LogP contribution in [0.3, 0.4) is 0 Å². The molecule has 1 aliphatic heterocycles. The predicted molar refractivity (Wildman–Crippen MR) is 436 cm³/mol. The zero-order chi connectivity index (χ0) is 83.8. The van der Waals surface area contributed by atoms with Gasteiger partial charge in [0.1, 0.15) is 52.8 Å². The van der Waals surface area contributed by atoms with Gasteiger partial charge >= 0.3 is 25.0 Å². The largest absolute Gasteiger partial charge is 0.490 e. The molecule has 10 aromatic rings. The van der Waals surface area contributed by atoms with Gasteiger partial charge in [-0.2, -0.15) is 0 Å². The number of carboxylic acid groups (broad SMARTS) is 1. The summed E-state index contributed by atoms with van der Waals surface area (Å²) in [7, 11) is 0.909. The molecular weight excluding hydrogens is 1600 g/mol. The van der Waals surface area contributed by atoms with E-state index in [1.165, 1.54) is 101 Å². The molecule has 10 aromatic carbocycles. The maximum absolute atomic E-state index is 13.6. The number of ether oxygens (including phenoxy) is 8. The number of halogens is 9. The summed E-state index contributed by atoms with van der Waals surface area (Å²) in [6, 6.07) is 48.9. The van der Waals surface area contributed by atoms with E-state index in [9.17, 15) is 54.3 Å². The van der Waals surface area contributed by atoms with Crippen molar-refractivity contribution in [1.29, 1.82) is 0 Å².